The summed E-state index contributed by atoms with van der Waals surface area (Å²) < 4.78 is 10.6. The Balaban J connectivity index is 1.64. The van der Waals surface area contributed by atoms with Crippen molar-refractivity contribution < 1.29 is 33.8 Å². The fourth-order valence-electron chi connectivity index (χ4n) is 3.52. The van der Waals surface area contributed by atoms with E-state index in [2.05, 4.69) is 0 Å². The number of anilines is 1. The van der Waals surface area contributed by atoms with Crippen LogP contribution < -0.4 is 14.4 Å². The van der Waals surface area contributed by atoms with Gasteiger partial charge < -0.3 is 19.5 Å². The van der Waals surface area contributed by atoms with Crippen LogP contribution in [0, 0.1) is 0 Å². The third-order valence-corrected chi connectivity index (χ3v) is 4.95. The molecule has 9 heteroatoms. The number of carboxylic acid groups (broad SMARTS) is 1. The van der Waals surface area contributed by atoms with Gasteiger partial charge in [0.15, 0.2) is 11.5 Å². The summed E-state index contributed by atoms with van der Waals surface area (Å²) in [5, 5.41) is 8.87. The van der Waals surface area contributed by atoms with Crippen molar-refractivity contribution in [2.24, 2.45) is 0 Å². The van der Waals surface area contributed by atoms with E-state index in [1.807, 2.05) is 0 Å². The number of hydrogen-bond acceptors (Lipinski definition) is 6. The molecule has 2 heterocycles. The molecule has 1 unspecified atom stereocenters. The molecule has 2 aliphatic rings. The summed E-state index contributed by atoms with van der Waals surface area (Å²) in [7, 11) is 0. The molecular formula is C22H18N2O7. The Kier molecular flexibility index (Phi) is 5.40. The molecule has 2 aliphatic heterocycles. The highest BCUT2D eigenvalue weighted by Gasteiger charge is 2.44. The number of carbonyl (C=O) groups excluding carboxylic acids is 3. The van der Waals surface area contributed by atoms with Crippen molar-refractivity contribution in [1.82, 2.24) is 4.90 Å². The van der Waals surface area contributed by atoms with Crippen LogP contribution in [-0.4, -0.2) is 46.5 Å². The Labute approximate surface area is 177 Å². The van der Waals surface area contributed by atoms with Crippen LogP contribution in [-0.2, 0) is 25.7 Å². The topological polar surface area (TPSA) is 113 Å². The molecule has 1 fully saturated rings. The highest BCUT2D eigenvalue weighted by atomic mass is 16.7. The van der Waals surface area contributed by atoms with Gasteiger partial charge in [-0.25, -0.2) is 9.69 Å². The third-order valence-electron chi connectivity index (χ3n) is 4.95. The molecule has 0 spiro atoms. The first-order chi connectivity index (χ1) is 14.9. The highest BCUT2D eigenvalue weighted by Crippen LogP contribution is 2.33. The third kappa shape index (κ3) is 4.11. The number of carbonyl (C=O) groups is 4. The second-order valence-corrected chi connectivity index (χ2v) is 6.95. The molecule has 2 aromatic rings. The van der Waals surface area contributed by atoms with E-state index in [1.165, 1.54) is 4.90 Å². The molecule has 0 aliphatic carbocycles. The molecule has 31 heavy (non-hydrogen) atoms. The maximum absolute atomic E-state index is 13.1. The van der Waals surface area contributed by atoms with Crippen LogP contribution in [0.5, 0.6) is 11.5 Å². The van der Waals surface area contributed by atoms with Crippen LogP contribution in [0.4, 0.5) is 5.69 Å². The zero-order chi connectivity index (χ0) is 22.0. The van der Waals surface area contributed by atoms with Gasteiger partial charge in [-0.05, 0) is 29.8 Å². The van der Waals surface area contributed by atoms with Crippen molar-refractivity contribution in [3.63, 3.8) is 0 Å². The normalized spacial score (nSPS) is 17.4. The molecule has 1 saturated heterocycles. The van der Waals surface area contributed by atoms with E-state index < -0.39 is 29.7 Å². The number of ether oxygens (including phenoxy) is 2. The molecule has 0 bridgehead atoms. The minimum atomic E-state index is -1.30. The fourth-order valence-corrected chi connectivity index (χ4v) is 3.52. The molecular weight excluding hydrogens is 404 g/mol. The van der Waals surface area contributed by atoms with E-state index >= 15 is 0 Å². The lowest BCUT2D eigenvalue weighted by Gasteiger charge is -2.26. The summed E-state index contributed by atoms with van der Waals surface area (Å²) >= 11 is 0. The Hall–Kier alpha value is -4.14. The Morgan fingerprint density at radius 3 is 2.55 bits per heavy atom. The van der Waals surface area contributed by atoms with Gasteiger partial charge in [-0.3, -0.25) is 14.4 Å². The van der Waals surface area contributed by atoms with Crippen LogP contribution in [0.1, 0.15) is 12.0 Å². The molecule has 4 rings (SSSR count). The van der Waals surface area contributed by atoms with E-state index in [1.54, 1.807) is 48.5 Å². The van der Waals surface area contributed by atoms with Crippen molar-refractivity contribution in [1.29, 1.82) is 0 Å². The lowest BCUT2D eigenvalue weighted by Crippen LogP contribution is -2.44. The molecule has 3 amide bonds. The number of carboxylic acids is 1. The van der Waals surface area contributed by atoms with Gasteiger partial charge in [0, 0.05) is 18.7 Å². The lowest BCUT2D eigenvalue weighted by atomic mass is 10.1. The maximum atomic E-state index is 13.1. The number of rotatable bonds is 6. The van der Waals surface area contributed by atoms with E-state index in [0.29, 0.717) is 28.8 Å². The molecule has 9 nitrogen and oxygen atoms in total. The van der Waals surface area contributed by atoms with Crippen molar-refractivity contribution in [3.05, 3.63) is 66.2 Å². The Morgan fingerprint density at radius 2 is 1.81 bits per heavy atom. The molecule has 1 atom stereocenters. The van der Waals surface area contributed by atoms with Crippen LogP contribution in [0.25, 0.3) is 0 Å². The maximum Gasteiger partial charge on any atom is 0.328 e. The number of amides is 3. The van der Waals surface area contributed by atoms with Crippen LogP contribution in [0.15, 0.2) is 60.7 Å². The van der Waals surface area contributed by atoms with Crippen molar-refractivity contribution in [2.45, 2.75) is 19.0 Å². The van der Waals surface area contributed by atoms with E-state index in [0.717, 1.165) is 11.0 Å². The quantitative estimate of drug-likeness (QED) is 0.557. The van der Waals surface area contributed by atoms with Crippen molar-refractivity contribution in [3.8, 4) is 11.5 Å². The Bertz CT molecular complexity index is 1080. The number of fused-ring (bicyclic) bond motifs is 1. The number of hydrogen-bond donors (Lipinski definition) is 1. The molecule has 0 saturated carbocycles. The van der Waals surface area contributed by atoms with E-state index in [-0.39, 0.29) is 19.8 Å². The van der Waals surface area contributed by atoms with Gasteiger partial charge >= 0.3 is 5.97 Å². The largest absolute Gasteiger partial charge is 0.478 e. The summed E-state index contributed by atoms with van der Waals surface area (Å²) in [5.74, 6) is -1.90. The molecule has 1 N–H and O–H groups in total. The van der Waals surface area contributed by atoms with Gasteiger partial charge in [-0.1, -0.05) is 24.3 Å². The first-order valence-electron chi connectivity index (χ1n) is 9.46. The number of benzene rings is 2. The Morgan fingerprint density at radius 1 is 1.06 bits per heavy atom. The predicted molar refractivity (Wildman–Crippen MR) is 107 cm³/mol. The van der Waals surface area contributed by atoms with Gasteiger partial charge in [0.05, 0.1) is 12.1 Å². The monoisotopic (exact) mass is 422 g/mol. The van der Waals surface area contributed by atoms with E-state index in [9.17, 15) is 19.2 Å². The summed E-state index contributed by atoms with van der Waals surface area (Å²) in [6, 6.07) is 12.4. The smallest absolute Gasteiger partial charge is 0.328 e. The summed E-state index contributed by atoms with van der Waals surface area (Å²) in [6.07, 6.45) is 1.37. The number of para-hydroxylation sites is 1. The SMILES string of the molecule is O=C(O)/C=C/C(=O)N(Cc1ccc2c(c1)OCO2)C1CC(=O)N(c2ccccc2)C1=O. The molecule has 158 valence electrons. The standard InChI is InChI=1S/C22H18N2O7/c25-19(8-9-21(27)28)23(12-14-6-7-17-18(10-14)31-13-30-17)16-11-20(26)24(22(16)29)15-4-2-1-3-5-15/h1-10,16H,11-13H2,(H,27,28)/b9-8+. The van der Waals surface area contributed by atoms with Gasteiger partial charge in [-0.2, -0.15) is 0 Å². The first-order valence-corrected chi connectivity index (χ1v) is 9.46. The van der Waals surface area contributed by atoms with Crippen LogP contribution in [0.3, 0.4) is 0 Å². The number of aliphatic carboxylic acids is 1. The van der Waals surface area contributed by atoms with E-state index in [4.69, 9.17) is 14.6 Å². The summed E-state index contributed by atoms with van der Waals surface area (Å²) in [6.45, 7) is 0.0657. The second-order valence-electron chi connectivity index (χ2n) is 6.95. The number of imide groups is 1. The average Bonchev–Trinajstić information content (AvgIpc) is 3.34. The zero-order valence-electron chi connectivity index (χ0n) is 16.3. The van der Waals surface area contributed by atoms with Crippen molar-refractivity contribution >= 4 is 29.4 Å². The highest BCUT2D eigenvalue weighted by molar-refractivity contribution is 6.23. The van der Waals surface area contributed by atoms with Gasteiger partial charge in [-0.15, -0.1) is 0 Å². The summed E-state index contributed by atoms with van der Waals surface area (Å²) in [4.78, 5) is 51.6. The molecule has 2 aromatic carbocycles. The van der Waals surface area contributed by atoms with Crippen LogP contribution in [0.2, 0.25) is 0 Å². The second kappa shape index (κ2) is 8.31. The first kappa shape index (κ1) is 20.1. The van der Waals surface area contributed by atoms with Gasteiger partial charge in [0.1, 0.15) is 6.04 Å². The molecule has 0 radical (unpaired) electrons. The van der Waals surface area contributed by atoms with Crippen molar-refractivity contribution in [2.75, 3.05) is 11.7 Å². The van der Waals surface area contributed by atoms with Crippen LogP contribution >= 0.6 is 0 Å². The predicted octanol–water partition coefficient (Wildman–Crippen LogP) is 1.72. The molecule has 0 aromatic heterocycles. The lowest BCUT2D eigenvalue weighted by molar-refractivity contribution is -0.135. The zero-order valence-corrected chi connectivity index (χ0v) is 16.3. The fraction of sp³-hybridized carbons (Fsp3) is 0.182. The number of nitrogens with zero attached hydrogens (tertiary/aromatic N) is 2. The summed E-state index contributed by atoms with van der Waals surface area (Å²) in [5.41, 5.74) is 1.05. The average molecular weight is 422 g/mol. The minimum Gasteiger partial charge on any atom is -0.478 e. The van der Waals surface area contributed by atoms with Gasteiger partial charge in [0.25, 0.3) is 5.91 Å². The minimum absolute atomic E-state index is 0.0221. The van der Waals surface area contributed by atoms with Gasteiger partial charge in [0.2, 0.25) is 18.6 Å².